The number of aliphatic hydroxyl groups excluding tert-OH is 8. The van der Waals surface area contributed by atoms with E-state index >= 15 is 0 Å². The van der Waals surface area contributed by atoms with Gasteiger partial charge in [0, 0.05) is 6.42 Å². The highest BCUT2D eigenvalue weighted by Crippen LogP contribution is 2.30. The van der Waals surface area contributed by atoms with E-state index in [-0.39, 0.29) is 18.9 Å². The number of ether oxygens (including phenoxy) is 4. The number of carbonyl (C=O) groups is 1. The largest absolute Gasteiger partial charge is 0.394 e. The quantitative estimate of drug-likeness (QED) is 0.0204. The summed E-state index contributed by atoms with van der Waals surface area (Å²) in [7, 11) is 0. The first-order chi connectivity index (χ1) is 37.1. The molecule has 0 saturated carbocycles. The third kappa shape index (κ3) is 33.1. The first kappa shape index (κ1) is 70.3. The van der Waals surface area contributed by atoms with Crippen molar-refractivity contribution in [3.05, 3.63) is 36.5 Å². The van der Waals surface area contributed by atoms with E-state index in [1.54, 1.807) is 6.08 Å². The predicted octanol–water partition coefficient (Wildman–Crippen LogP) is 11.0. The molecule has 0 aromatic rings. The van der Waals surface area contributed by atoms with Crippen LogP contribution in [0.4, 0.5) is 0 Å². The normalized spacial score (nSPS) is 25.1. The number of nitrogens with one attached hydrogen (secondary N) is 1. The minimum absolute atomic E-state index is 0.249. The predicted molar refractivity (Wildman–Crippen MR) is 305 cm³/mol. The Morgan fingerprint density at radius 1 is 0.461 bits per heavy atom. The highest BCUT2D eigenvalue weighted by atomic mass is 16.7. The van der Waals surface area contributed by atoms with Crippen molar-refractivity contribution in [1.29, 1.82) is 0 Å². The van der Waals surface area contributed by atoms with Crippen LogP contribution in [0.25, 0.3) is 0 Å². The second kappa shape index (κ2) is 48.0. The molecule has 0 bridgehead atoms. The lowest BCUT2D eigenvalue weighted by atomic mass is 9.97. The van der Waals surface area contributed by atoms with Gasteiger partial charge in [0.1, 0.15) is 48.8 Å². The van der Waals surface area contributed by atoms with E-state index < -0.39 is 86.8 Å². The van der Waals surface area contributed by atoms with Crippen LogP contribution in [0.2, 0.25) is 0 Å². The van der Waals surface area contributed by atoms with Gasteiger partial charge in [0.25, 0.3) is 0 Å². The lowest BCUT2D eigenvalue weighted by molar-refractivity contribution is -0.359. The molecule has 12 atom stereocenters. The van der Waals surface area contributed by atoms with Gasteiger partial charge in [-0.1, -0.05) is 243 Å². The van der Waals surface area contributed by atoms with Gasteiger partial charge in [-0.05, 0) is 44.9 Å². The molecule has 1 amide bonds. The standard InChI is InChI=1S/C62H115NO13/c1-3-5-7-9-11-13-15-17-19-21-23-25-26-28-30-32-34-36-38-40-42-44-46-54(67)63-50(51(66)45-43-41-39-37-35-33-31-29-27-24-22-20-18-16-14-12-10-8-6-4-2)49-73-61-59(72)57(70)60(53(48-65)75-61)76-62-58(71)56(69)55(68)52(47-64)74-62/h27,29,35,37,43,45,50-53,55-62,64-66,68-72H,3-26,28,30-34,36,38-42,44,46-49H2,1-2H3,(H,63,67)/b29-27+,37-35+,45-43+. The SMILES string of the molecule is CCCCCCCCCCCC/C=C/CC/C=C/CC/C=C/C(O)C(COC1OC(CO)C(OC2OC(CO)C(O)C(O)C2O)C(O)C1O)NC(=O)CCCCCCCCCCCCCCCCCCCCCCCC. The number of amides is 1. The molecule has 0 aromatic carbocycles. The second-order valence-corrected chi connectivity index (χ2v) is 22.2. The highest BCUT2D eigenvalue weighted by Gasteiger charge is 2.51. The molecule has 2 aliphatic heterocycles. The molecule has 12 unspecified atom stereocenters. The van der Waals surface area contributed by atoms with Crippen LogP contribution in [-0.2, 0) is 23.7 Å². The molecule has 2 heterocycles. The molecule has 0 aromatic heterocycles. The zero-order chi connectivity index (χ0) is 55.3. The molecule has 76 heavy (non-hydrogen) atoms. The number of rotatable bonds is 50. The maximum absolute atomic E-state index is 13.3. The molecule has 14 heteroatoms. The van der Waals surface area contributed by atoms with E-state index in [9.17, 15) is 45.6 Å². The summed E-state index contributed by atoms with van der Waals surface area (Å²) in [6.45, 7) is 2.80. The molecule has 2 saturated heterocycles. The van der Waals surface area contributed by atoms with Crippen LogP contribution in [0.3, 0.4) is 0 Å². The molecule has 2 rings (SSSR count). The second-order valence-electron chi connectivity index (χ2n) is 22.2. The third-order valence-electron chi connectivity index (χ3n) is 15.3. The lowest BCUT2D eigenvalue weighted by Gasteiger charge is -2.46. The van der Waals surface area contributed by atoms with Crippen molar-refractivity contribution in [1.82, 2.24) is 5.32 Å². The number of carbonyl (C=O) groups excluding carboxylic acids is 1. The van der Waals surface area contributed by atoms with Crippen molar-refractivity contribution < 1.29 is 64.6 Å². The fourth-order valence-electron chi connectivity index (χ4n) is 10.3. The Hall–Kier alpha value is -1.79. The van der Waals surface area contributed by atoms with Crippen molar-refractivity contribution in [3.8, 4) is 0 Å². The van der Waals surface area contributed by atoms with Gasteiger partial charge < -0.3 is 65.1 Å². The molecule has 446 valence electrons. The van der Waals surface area contributed by atoms with Crippen LogP contribution in [0.15, 0.2) is 36.5 Å². The number of aliphatic hydroxyl groups is 8. The van der Waals surface area contributed by atoms with E-state index in [1.807, 2.05) is 6.08 Å². The molecule has 0 spiro atoms. The van der Waals surface area contributed by atoms with Crippen LogP contribution >= 0.6 is 0 Å². The molecular formula is C62H115NO13. The van der Waals surface area contributed by atoms with E-state index in [2.05, 4.69) is 43.5 Å². The van der Waals surface area contributed by atoms with Gasteiger partial charge in [-0.3, -0.25) is 4.79 Å². The minimum atomic E-state index is -1.79. The van der Waals surface area contributed by atoms with E-state index in [0.29, 0.717) is 12.8 Å². The summed E-state index contributed by atoms with van der Waals surface area (Å²) >= 11 is 0. The monoisotopic (exact) mass is 1080 g/mol. The van der Waals surface area contributed by atoms with Crippen LogP contribution in [0.1, 0.15) is 258 Å². The van der Waals surface area contributed by atoms with Crippen LogP contribution in [0, 0.1) is 0 Å². The number of hydrogen-bond acceptors (Lipinski definition) is 13. The summed E-state index contributed by atoms with van der Waals surface area (Å²) in [6, 6.07) is -0.935. The van der Waals surface area contributed by atoms with Gasteiger partial charge in [0.2, 0.25) is 5.91 Å². The third-order valence-corrected chi connectivity index (χ3v) is 15.3. The molecular weight excluding hydrogens is 967 g/mol. The Bertz CT molecular complexity index is 1410. The zero-order valence-electron chi connectivity index (χ0n) is 48.0. The Morgan fingerprint density at radius 3 is 1.29 bits per heavy atom. The molecule has 2 aliphatic rings. The van der Waals surface area contributed by atoms with E-state index in [0.717, 1.165) is 44.9 Å². The topological polar surface area (TPSA) is 228 Å². The Balaban J connectivity index is 1.77. The van der Waals surface area contributed by atoms with Crippen molar-refractivity contribution in [3.63, 3.8) is 0 Å². The fraction of sp³-hybridized carbons (Fsp3) is 0.887. The van der Waals surface area contributed by atoms with Gasteiger partial charge in [-0.15, -0.1) is 0 Å². The first-order valence-corrected chi connectivity index (χ1v) is 31.2. The summed E-state index contributed by atoms with van der Waals surface area (Å²) in [5.74, 6) is -0.249. The van der Waals surface area contributed by atoms with Crippen molar-refractivity contribution in [2.24, 2.45) is 0 Å². The smallest absolute Gasteiger partial charge is 0.220 e. The number of unbranched alkanes of at least 4 members (excludes halogenated alkanes) is 33. The van der Waals surface area contributed by atoms with Crippen molar-refractivity contribution >= 4 is 5.91 Å². The summed E-state index contributed by atoms with van der Waals surface area (Å²) in [6.07, 6.45) is 41.9. The zero-order valence-corrected chi connectivity index (χ0v) is 48.0. The van der Waals surface area contributed by atoms with Gasteiger partial charge in [0.15, 0.2) is 12.6 Å². The lowest BCUT2D eigenvalue weighted by Crippen LogP contribution is -2.65. The first-order valence-electron chi connectivity index (χ1n) is 31.2. The highest BCUT2D eigenvalue weighted by molar-refractivity contribution is 5.76. The van der Waals surface area contributed by atoms with Crippen LogP contribution < -0.4 is 5.32 Å². The maximum atomic E-state index is 13.3. The Labute approximate surface area is 461 Å². The van der Waals surface area contributed by atoms with Crippen LogP contribution in [-0.4, -0.2) is 140 Å². The average Bonchev–Trinajstić information content (AvgIpc) is 3.42. The minimum Gasteiger partial charge on any atom is -0.394 e. The molecule has 2 fully saturated rings. The average molecular weight is 1080 g/mol. The van der Waals surface area contributed by atoms with Crippen molar-refractivity contribution in [2.45, 2.75) is 331 Å². The number of hydrogen-bond donors (Lipinski definition) is 9. The number of allylic oxidation sites excluding steroid dienone is 5. The Kier molecular flexibility index (Phi) is 44.4. The van der Waals surface area contributed by atoms with Crippen molar-refractivity contribution in [2.75, 3.05) is 19.8 Å². The molecule has 14 nitrogen and oxygen atoms in total. The summed E-state index contributed by atoms with van der Waals surface area (Å²) in [5.41, 5.74) is 0. The van der Waals surface area contributed by atoms with Gasteiger partial charge in [-0.25, -0.2) is 0 Å². The van der Waals surface area contributed by atoms with Gasteiger partial charge in [-0.2, -0.15) is 0 Å². The summed E-state index contributed by atoms with van der Waals surface area (Å²) < 4.78 is 22.8. The van der Waals surface area contributed by atoms with E-state index in [1.165, 1.54) is 180 Å². The maximum Gasteiger partial charge on any atom is 0.220 e. The van der Waals surface area contributed by atoms with Crippen LogP contribution in [0.5, 0.6) is 0 Å². The molecule has 0 aliphatic carbocycles. The van der Waals surface area contributed by atoms with Gasteiger partial charge >= 0.3 is 0 Å². The summed E-state index contributed by atoms with van der Waals surface area (Å²) in [5, 5.41) is 87.1. The molecule has 0 radical (unpaired) electrons. The van der Waals surface area contributed by atoms with Gasteiger partial charge in [0.05, 0.1) is 32.0 Å². The fourth-order valence-corrected chi connectivity index (χ4v) is 10.3. The van der Waals surface area contributed by atoms with E-state index in [4.69, 9.17) is 18.9 Å². The molecule has 9 N–H and O–H groups in total. The summed E-state index contributed by atoms with van der Waals surface area (Å²) in [4.78, 5) is 13.3. The Morgan fingerprint density at radius 2 is 0.842 bits per heavy atom.